The Kier molecular flexibility index (Phi) is 7.93. The minimum absolute atomic E-state index is 0.113. The first-order chi connectivity index (χ1) is 17.8. The minimum atomic E-state index is -0.113. The fraction of sp³-hybridized carbons (Fsp3) is 0.321. The van der Waals surface area contributed by atoms with Crippen LogP contribution >= 0.6 is 0 Å². The Hall–Kier alpha value is -4.11. The highest BCUT2D eigenvalue weighted by molar-refractivity contribution is 5.97. The van der Waals surface area contributed by atoms with E-state index in [2.05, 4.69) is 46.3 Å². The zero-order chi connectivity index (χ0) is 26.5. The number of carbonyl (C=O) groups excluding carboxylic acids is 1. The number of hydrogen-bond donors (Lipinski definition) is 2. The molecule has 4 aromatic rings. The highest BCUT2D eigenvalue weighted by atomic mass is 16.5. The smallest absolute Gasteiger partial charge is 0.227 e. The summed E-state index contributed by atoms with van der Waals surface area (Å²) < 4.78 is 13.8. The summed E-state index contributed by atoms with van der Waals surface area (Å²) in [6.45, 7) is 5.09. The number of aryl methyl sites for hydroxylation is 1. The van der Waals surface area contributed by atoms with Crippen LogP contribution in [-0.4, -0.2) is 59.7 Å². The summed E-state index contributed by atoms with van der Waals surface area (Å²) in [5.41, 5.74) is 5.30. The summed E-state index contributed by atoms with van der Waals surface area (Å²) in [6.07, 6.45) is 2.08. The summed E-state index contributed by atoms with van der Waals surface area (Å²) in [6, 6.07) is 13.7. The lowest BCUT2D eigenvalue weighted by molar-refractivity contribution is -0.115. The van der Waals surface area contributed by atoms with E-state index in [9.17, 15) is 4.79 Å². The monoisotopic (exact) mass is 502 g/mol. The molecule has 0 aliphatic carbocycles. The van der Waals surface area contributed by atoms with Crippen molar-refractivity contribution in [2.24, 2.45) is 7.05 Å². The topological polar surface area (TPSA) is 93.5 Å². The number of nitrogens with one attached hydrogen (secondary N) is 2. The molecule has 2 heterocycles. The number of methoxy groups -OCH3 is 1. The molecule has 0 aliphatic heterocycles. The summed E-state index contributed by atoms with van der Waals surface area (Å²) >= 11 is 0. The lowest BCUT2D eigenvalue weighted by Crippen LogP contribution is -2.20. The Morgan fingerprint density at radius 1 is 1.11 bits per heavy atom. The van der Waals surface area contributed by atoms with Gasteiger partial charge in [0.15, 0.2) is 0 Å². The number of benzene rings is 2. The van der Waals surface area contributed by atoms with Crippen LogP contribution in [0.1, 0.15) is 19.0 Å². The van der Waals surface area contributed by atoms with Crippen molar-refractivity contribution in [3.05, 3.63) is 54.4 Å². The molecule has 0 atom stereocenters. The molecule has 37 heavy (non-hydrogen) atoms. The number of aromatic nitrogens is 3. The Morgan fingerprint density at radius 2 is 1.89 bits per heavy atom. The van der Waals surface area contributed by atoms with Crippen molar-refractivity contribution in [2.75, 3.05) is 45.0 Å². The van der Waals surface area contributed by atoms with E-state index in [-0.39, 0.29) is 5.91 Å². The second-order valence-corrected chi connectivity index (χ2v) is 9.03. The van der Waals surface area contributed by atoms with Crippen molar-refractivity contribution < 1.29 is 14.3 Å². The zero-order valence-electron chi connectivity index (χ0n) is 22.3. The molecular weight excluding hydrogens is 468 g/mol. The molecule has 0 spiro atoms. The lowest BCUT2D eigenvalue weighted by Gasteiger charge is -2.18. The van der Waals surface area contributed by atoms with Crippen LogP contribution in [0.25, 0.3) is 22.2 Å². The van der Waals surface area contributed by atoms with E-state index in [1.807, 2.05) is 37.2 Å². The van der Waals surface area contributed by atoms with Gasteiger partial charge in [-0.2, -0.15) is 0 Å². The number of anilines is 3. The second kappa shape index (κ2) is 11.3. The summed E-state index contributed by atoms with van der Waals surface area (Å²) in [4.78, 5) is 23.5. The number of ether oxygens (including phenoxy) is 2. The number of hydrogen-bond acceptors (Lipinski definition) is 7. The Labute approximate surface area is 217 Å². The molecular formula is C28H34N6O3. The van der Waals surface area contributed by atoms with E-state index in [1.165, 1.54) is 0 Å². The number of fused-ring (bicyclic) bond motifs is 1. The fourth-order valence-electron chi connectivity index (χ4n) is 4.14. The van der Waals surface area contributed by atoms with Crippen LogP contribution in [0.15, 0.2) is 48.7 Å². The Bertz CT molecular complexity index is 1410. The van der Waals surface area contributed by atoms with Gasteiger partial charge >= 0.3 is 0 Å². The molecule has 0 bridgehead atoms. The van der Waals surface area contributed by atoms with Crippen LogP contribution in [0.5, 0.6) is 11.5 Å². The van der Waals surface area contributed by atoms with Crippen molar-refractivity contribution in [1.82, 2.24) is 19.4 Å². The SMILES string of the molecule is CCC(=O)Nc1cc(Nc2nccc(-c3c(C)n(C)c4ccccc34)n2)c(OC)cc1OCCN(C)C. The molecule has 0 aliphatic rings. The maximum absolute atomic E-state index is 12.2. The Balaban J connectivity index is 1.70. The molecule has 2 aromatic heterocycles. The van der Waals surface area contributed by atoms with E-state index in [1.54, 1.807) is 32.4 Å². The van der Waals surface area contributed by atoms with Crippen LogP contribution in [-0.2, 0) is 11.8 Å². The molecule has 0 saturated carbocycles. The van der Waals surface area contributed by atoms with Crippen molar-refractivity contribution in [3.63, 3.8) is 0 Å². The molecule has 4 rings (SSSR count). The van der Waals surface area contributed by atoms with Gasteiger partial charge in [-0.15, -0.1) is 0 Å². The highest BCUT2D eigenvalue weighted by Gasteiger charge is 2.17. The molecule has 0 radical (unpaired) electrons. The van der Waals surface area contributed by atoms with E-state index in [4.69, 9.17) is 14.5 Å². The van der Waals surface area contributed by atoms with Gasteiger partial charge in [-0.25, -0.2) is 9.97 Å². The maximum atomic E-state index is 12.2. The van der Waals surface area contributed by atoms with Crippen LogP contribution < -0.4 is 20.1 Å². The zero-order valence-corrected chi connectivity index (χ0v) is 22.3. The predicted octanol–water partition coefficient (Wildman–Crippen LogP) is 4.98. The quantitative estimate of drug-likeness (QED) is 0.316. The molecule has 2 N–H and O–H groups in total. The number of nitrogens with zero attached hydrogens (tertiary/aromatic N) is 4. The third-order valence-corrected chi connectivity index (χ3v) is 6.25. The highest BCUT2D eigenvalue weighted by Crippen LogP contribution is 2.38. The van der Waals surface area contributed by atoms with Crippen LogP contribution in [0.4, 0.5) is 17.3 Å². The molecule has 0 unspecified atom stereocenters. The maximum Gasteiger partial charge on any atom is 0.227 e. The molecule has 0 fully saturated rings. The summed E-state index contributed by atoms with van der Waals surface area (Å²) in [5, 5.41) is 7.33. The molecule has 194 valence electrons. The predicted molar refractivity (Wildman–Crippen MR) is 148 cm³/mol. The first-order valence-corrected chi connectivity index (χ1v) is 12.3. The first kappa shape index (κ1) is 26.0. The van der Waals surface area contributed by atoms with Gasteiger partial charge in [-0.3, -0.25) is 4.79 Å². The Morgan fingerprint density at radius 3 is 2.62 bits per heavy atom. The van der Waals surface area contributed by atoms with Gasteiger partial charge in [0.05, 0.1) is 24.2 Å². The van der Waals surface area contributed by atoms with Gasteiger partial charge in [-0.05, 0) is 39.2 Å². The van der Waals surface area contributed by atoms with Gasteiger partial charge < -0.3 is 29.6 Å². The molecule has 0 saturated heterocycles. The average molecular weight is 503 g/mol. The molecule has 2 aromatic carbocycles. The van der Waals surface area contributed by atoms with Crippen molar-refractivity contribution in [1.29, 1.82) is 0 Å². The van der Waals surface area contributed by atoms with Gasteiger partial charge in [0, 0.05) is 54.4 Å². The third kappa shape index (κ3) is 5.67. The second-order valence-electron chi connectivity index (χ2n) is 9.03. The summed E-state index contributed by atoms with van der Waals surface area (Å²) in [5.74, 6) is 1.38. The molecule has 1 amide bonds. The fourth-order valence-corrected chi connectivity index (χ4v) is 4.14. The van der Waals surface area contributed by atoms with Gasteiger partial charge in [-0.1, -0.05) is 25.1 Å². The average Bonchev–Trinajstić information content (AvgIpc) is 3.14. The standard InChI is InChI=1S/C28H34N6O3/c1-7-26(35)30-22-16-21(24(36-6)17-25(22)37-15-14-33(3)4)32-28-29-13-12-20(31-28)27-18(2)34(5)23-11-9-8-10-19(23)27/h8-13,16-17H,7,14-15H2,1-6H3,(H,30,35)(H,29,31,32). The van der Waals surface area contributed by atoms with Crippen LogP contribution in [0.2, 0.25) is 0 Å². The van der Waals surface area contributed by atoms with E-state index in [0.717, 1.165) is 34.4 Å². The minimum Gasteiger partial charge on any atom is -0.494 e. The van der Waals surface area contributed by atoms with Gasteiger partial charge in [0.1, 0.15) is 18.1 Å². The first-order valence-electron chi connectivity index (χ1n) is 12.3. The van der Waals surface area contributed by atoms with E-state index < -0.39 is 0 Å². The number of rotatable bonds is 10. The number of amides is 1. The number of para-hydroxylation sites is 1. The summed E-state index contributed by atoms with van der Waals surface area (Å²) in [7, 11) is 7.60. The van der Waals surface area contributed by atoms with Crippen LogP contribution in [0.3, 0.4) is 0 Å². The van der Waals surface area contributed by atoms with E-state index >= 15 is 0 Å². The van der Waals surface area contributed by atoms with Gasteiger partial charge in [0.25, 0.3) is 0 Å². The molecule has 9 nitrogen and oxygen atoms in total. The largest absolute Gasteiger partial charge is 0.494 e. The normalized spacial score (nSPS) is 11.1. The molecule has 9 heteroatoms. The van der Waals surface area contributed by atoms with Crippen LogP contribution in [0, 0.1) is 6.92 Å². The van der Waals surface area contributed by atoms with Crippen molar-refractivity contribution in [3.8, 4) is 22.8 Å². The van der Waals surface area contributed by atoms with E-state index in [0.29, 0.717) is 41.8 Å². The lowest BCUT2D eigenvalue weighted by atomic mass is 10.1. The van der Waals surface area contributed by atoms with Gasteiger partial charge in [0.2, 0.25) is 11.9 Å². The number of carbonyl (C=O) groups is 1. The number of likely N-dealkylation sites (N-methyl/N-ethyl adjacent to an activating group) is 1. The van der Waals surface area contributed by atoms with Crippen molar-refractivity contribution in [2.45, 2.75) is 20.3 Å². The third-order valence-electron chi connectivity index (χ3n) is 6.25. The van der Waals surface area contributed by atoms with Crippen molar-refractivity contribution >= 4 is 34.1 Å².